The highest BCUT2D eigenvalue weighted by molar-refractivity contribution is 7.89. The number of piperidine rings is 1. The predicted molar refractivity (Wildman–Crippen MR) is 128 cm³/mol. The van der Waals surface area contributed by atoms with Crippen LogP contribution >= 0.6 is 11.6 Å². The van der Waals surface area contributed by atoms with Crippen LogP contribution in [-0.2, 0) is 10.0 Å². The molecule has 0 atom stereocenters. The minimum atomic E-state index is -3.77. The van der Waals surface area contributed by atoms with E-state index in [-0.39, 0.29) is 21.4 Å². The SMILES string of the molecule is CN1CCN(S(=O)(=O)c2cc(C(=O)Nc3ccc(N4CCCCC4)cc3)ccc2Cl)CC1. The molecule has 2 aliphatic rings. The highest BCUT2D eigenvalue weighted by Gasteiger charge is 2.30. The first-order chi connectivity index (χ1) is 15.3. The molecule has 2 aliphatic heterocycles. The smallest absolute Gasteiger partial charge is 0.255 e. The molecule has 2 fully saturated rings. The number of benzene rings is 2. The number of anilines is 2. The second kappa shape index (κ2) is 9.79. The highest BCUT2D eigenvalue weighted by Crippen LogP contribution is 2.27. The number of hydrogen-bond donors (Lipinski definition) is 1. The molecule has 2 aromatic rings. The second-order valence-corrected chi connectivity index (χ2v) is 10.7. The van der Waals surface area contributed by atoms with Crippen molar-refractivity contribution in [1.82, 2.24) is 9.21 Å². The summed E-state index contributed by atoms with van der Waals surface area (Å²) >= 11 is 6.23. The van der Waals surface area contributed by atoms with Crippen LogP contribution in [0.2, 0.25) is 5.02 Å². The molecule has 172 valence electrons. The first kappa shape index (κ1) is 23.0. The van der Waals surface area contributed by atoms with Crippen LogP contribution in [0, 0.1) is 0 Å². The van der Waals surface area contributed by atoms with Gasteiger partial charge in [0.15, 0.2) is 0 Å². The molecule has 0 unspecified atom stereocenters. The zero-order valence-corrected chi connectivity index (χ0v) is 19.8. The van der Waals surface area contributed by atoms with Crippen molar-refractivity contribution in [3.8, 4) is 0 Å². The number of likely N-dealkylation sites (N-methyl/N-ethyl adjacent to an activating group) is 1. The van der Waals surface area contributed by atoms with Crippen molar-refractivity contribution in [2.45, 2.75) is 24.2 Å². The van der Waals surface area contributed by atoms with Gasteiger partial charge in [0.1, 0.15) is 4.90 Å². The zero-order chi connectivity index (χ0) is 22.7. The van der Waals surface area contributed by atoms with Gasteiger partial charge < -0.3 is 15.1 Å². The summed E-state index contributed by atoms with van der Waals surface area (Å²) in [6.07, 6.45) is 3.68. The summed E-state index contributed by atoms with van der Waals surface area (Å²) in [5, 5.41) is 2.97. The summed E-state index contributed by atoms with van der Waals surface area (Å²) in [6.45, 7) is 4.22. The van der Waals surface area contributed by atoms with Crippen LogP contribution in [0.25, 0.3) is 0 Å². The number of piperazine rings is 1. The molecule has 0 bridgehead atoms. The van der Waals surface area contributed by atoms with E-state index in [0.29, 0.717) is 31.9 Å². The van der Waals surface area contributed by atoms with Crippen molar-refractivity contribution in [3.63, 3.8) is 0 Å². The Morgan fingerprint density at radius 2 is 1.56 bits per heavy atom. The molecule has 1 N–H and O–H groups in total. The fraction of sp³-hybridized carbons (Fsp3) is 0.435. The van der Waals surface area contributed by atoms with Gasteiger partial charge in [-0.2, -0.15) is 4.31 Å². The summed E-state index contributed by atoms with van der Waals surface area (Å²) in [6, 6.07) is 12.1. The van der Waals surface area contributed by atoms with E-state index in [2.05, 4.69) is 15.1 Å². The molecule has 0 saturated carbocycles. The number of carbonyl (C=O) groups is 1. The standard InChI is InChI=1S/C23H29ClN4O3S/c1-26-13-15-28(16-14-26)32(30,31)22-17-18(5-10-21(22)24)23(29)25-19-6-8-20(9-7-19)27-11-3-2-4-12-27/h5-10,17H,2-4,11-16H2,1H3,(H,25,29). The first-order valence-corrected chi connectivity index (χ1v) is 12.8. The van der Waals surface area contributed by atoms with E-state index in [4.69, 9.17) is 11.6 Å². The fourth-order valence-electron chi connectivity index (χ4n) is 4.12. The molecule has 9 heteroatoms. The fourth-order valence-corrected chi connectivity index (χ4v) is 6.04. The van der Waals surface area contributed by atoms with Crippen molar-refractivity contribution < 1.29 is 13.2 Å². The maximum absolute atomic E-state index is 13.1. The van der Waals surface area contributed by atoms with Crippen LogP contribution in [0.4, 0.5) is 11.4 Å². The van der Waals surface area contributed by atoms with Gasteiger partial charge in [-0.1, -0.05) is 11.6 Å². The Morgan fingerprint density at radius 3 is 2.22 bits per heavy atom. The molecule has 4 rings (SSSR count). The maximum atomic E-state index is 13.1. The van der Waals surface area contributed by atoms with Gasteiger partial charge in [0.2, 0.25) is 10.0 Å². The lowest BCUT2D eigenvalue weighted by Crippen LogP contribution is -2.47. The highest BCUT2D eigenvalue weighted by atomic mass is 35.5. The van der Waals surface area contributed by atoms with Gasteiger partial charge >= 0.3 is 0 Å². The largest absolute Gasteiger partial charge is 0.372 e. The third-order valence-electron chi connectivity index (χ3n) is 6.12. The van der Waals surface area contributed by atoms with E-state index in [1.54, 1.807) is 6.07 Å². The second-order valence-electron chi connectivity index (χ2n) is 8.40. The molecule has 0 radical (unpaired) electrons. The van der Waals surface area contributed by atoms with Crippen molar-refractivity contribution >= 4 is 38.9 Å². The summed E-state index contributed by atoms with van der Waals surface area (Å²) in [7, 11) is -1.81. The predicted octanol–water partition coefficient (Wildman–Crippen LogP) is 3.52. The Bertz CT molecular complexity index is 1060. The Morgan fingerprint density at radius 1 is 0.906 bits per heavy atom. The molecule has 0 aromatic heterocycles. The molecule has 2 heterocycles. The number of hydrogen-bond acceptors (Lipinski definition) is 5. The van der Waals surface area contributed by atoms with E-state index in [1.165, 1.54) is 35.7 Å². The van der Waals surface area contributed by atoms with E-state index < -0.39 is 10.0 Å². The third kappa shape index (κ3) is 5.09. The Labute approximate surface area is 195 Å². The topological polar surface area (TPSA) is 73.0 Å². The summed E-state index contributed by atoms with van der Waals surface area (Å²) in [5.74, 6) is -0.373. The molecule has 32 heavy (non-hydrogen) atoms. The number of amides is 1. The summed E-state index contributed by atoms with van der Waals surface area (Å²) in [5.41, 5.74) is 2.06. The van der Waals surface area contributed by atoms with Crippen LogP contribution < -0.4 is 10.2 Å². The molecular weight excluding hydrogens is 448 g/mol. The first-order valence-electron chi connectivity index (χ1n) is 11.0. The number of carbonyl (C=O) groups excluding carboxylic acids is 1. The minimum absolute atomic E-state index is 0.0307. The van der Waals surface area contributed by atoms with Crippen LogP contribution in [0.5, 0.6) is 0 Å². The molecule has 1 amide bonds. The van der Waals surface area contributed by atoms with Crippen LogP contribution in [0.1, 0.15) is 29.6 Å². The maximum Gasteiger partial charge on any atom is 0.255 e. The number of sulfonamides is 1. The summed E-state index contributed by atoms with van der Waals surface area (Å²) < 4.78 is 27.7. The van der Waals surface area contributed by atoms with E-state index >= 15 is 0 Å². The minimum Gasteiger partial charge on any atom is -0.372 e. The third-order valence-corrected chi connectivity index (χ3v) is 8.50. The van der Waals surface area contributed by atoms with E-state index in [0.717, 1.165) is 18.8 Å². The zero-order valence-electron chi connectivity index (χ0n) is 18.3. The van der Waals surface area contributed by atoms with Gasteiger partial charge in [0.05, 0.1) is 5.02 Å². The van der Waals surface area contributed by atoms with E-state index in [9.17, 15) is 13.2 Å². The van der Waals surface area contributed by atoms with E-state index in [1.807, 2.05) is 31.3 Å². The van der Waals surface area contributed by atoms with Gasteiger partial charge in [0, 0.05) is 56.2 Å². The average Bonchev–Trinajstić information content (AvgIpc) is 2.80. The normalized spacial score (nSPS) is 18.5. The number of nitrogens with zero attached hydrogens (tertiary/aromatic N) is 3. The molecule has 2 aromatic carbocycles. The Kier molecular flexibility index (Phi) is 7.05. The quantitative estimate of drug-likeness (QED) is 0.714. The number of rotatable bonds is 5. The average molecular weight is 477 g/mol. The van der Waals surface area contributed by atoms with Gasteiger partial charge in [-0.05, 0) is 68.8 Å². The van der Waals surface area contributed by atoms with Gasteiger partial charge in [0.25, 0.3) is 5.91 Å². The van der Waals surface area contributed by atoms with Gasteiger partial charge in [-0.15, -0.1) is 0 Å². The van der Waals surface area contributed by atoms with Crippen molar-refractivity contribution in [3.05, 3.63) is 53.1 Å². The Hall–Kier alpha value is -2.13. The number of halogens is 1. The molecule has 0 aliphatic carbocycles. The molecule has 0 spiro atoms. The van der Waals surface area contributed by atoms with Crippen molar-refractivity contribution in [2.24, 2.45) is 0 Å². The Balaban J connectivity index is 1.48. The van der Waals surface area contributed by atoms with Crippen molar-refractivity contribution in [1.29, 1.82) is 0 Å². The molecular formula is C23H29ClN4O3S. The number of nitrogens with one attached hydrogen (secondary N) is 1. The van der Waals surface area contributed by atoms with Crippen LogP contribution in [-0.4, -0.2) is 69.8 Å². The van der Waals surface area contributed by atoms with Crippen LogP contribution in [0.3, 0.4) is 0 Å². The van der Waals surface area contributed by atoms with Gasteiger partial charge in [-0.25, -0.2) is 8.42 Å². The lowest BCUT2D eigenvalue weighted by molar-refractivity contribution is 0.102. The van der Waals surface area contributed by atoms with Gasteiger partial charge in [-0.3, -0.25) is 4.79 Å². The monoisotopic (exact) mass is 476 g/mol. The lowest BCUT2D eigenvalue weighted by atomic mass is 10.1. The molecule has 7 nitrogen and oxygen atoms in total. The van der Waals surface area contributed by atoms with Crippen molar-refractivity contribution in [2.75, 3.05) is 56.5 Å². The molecule has 2 saturated heterocycles. The van der Waals surface area contributed by atoms with Crippen LogP contribution in [0.15, 0.2) is 47.4 Å². The summed E-state index contributed by atoms with van der Waals surface area (Å²) in [4.78, 5) is 17.2. The lowest BCUT2D eigenvalue weighted by Gasteiger charge is -2.31.